The molecule has 0 amide bonds. The minimum atomic E-state index is -3.65. The maximum absolute atomic E-state index is 11.5. The van der Waals surface area contributed by atoms with E-state index in [-0.39, 0.29) is 19.5 Å². The fraction of sp³-hybridized carbons (Fsp3) is 0.364. The maximum Gasteiger partial charge on any atom is 0.320 e. The molecule has 7 nitrogen and oxygen atoms in total. The molecule has 0 saturated carbocycles. The Morgan fingerprint density at radius 2 is 1.89 bits per heavy atom. The van der Waals surface area contributed by atoms with Gasteiger partial charge in [-0.05, 0) is 12.0 Å². The van der Waals surface area contributed by atoms with Gasteiger partial charge in [0.05, 0.1) is 0 Å². The fourth-order valence-electron chi connectivity index (χ4n) is 1.30. The average molecular weight is 287 g/mol. The second-order valence-corrected chi connectivity index (χ2v) is 5.52. The summed E-state index contributed by atoms with van der Waals surface area (Å²) in [6, 6.07) is 7.97. The van der Waals surface area contributed by atoms with Crippen molar-refractivity contribution >= 4 is 16.2 Å². The molecule has 0 spiro atoms. The van der Waals surface area contributed by atoms with Gasteiger partial charge in [-0.2, -0.15) is 13.1 Å². The summed E-state index contributed by atoms with van der Waals surface area (Å²) < 4.78 is 27.7. The molecule has 1 aromatic rings. The van der Waals surface area contributed by atoms with Crippen molar-refractivity contribution in [2.24, 2.45) is 5.73 Å². The van der Waals surface area contributed by atoms with Gasteiger partial charge in [-0.25, -0.2) is 4.72 Å². The topological polar surface area (TPSA) is 122 Å². The Morgan fingerprint density at radius 1 is 1.26 bits per heavy atom. The molecule has 0 unspecified atom stereocenters. The summed E-state index contributed by atoms with van der Waals surface area (Å²) in [5, 5.41) is 8.55. The predicted octanol–water partition coefficient (Wildman–Crippen LogP) is -0.587. The van der Waals surface area contributed by atoms with E-state index in [1.54, 1.807) is 12.1 Å². The quantitative estimate of drug-likeness (QED) is 0.509. The van der Waals surface area contributed by atoms with E-state index in [0.29, 0.717) is 0 Å². The van der Waals surface area contributed by atoms with E-state index in [1.807, 2.05) is 18.2 Å². The Hall–Kier alpha value is -1.48. The molecule has 106 valence electrons. The van der Waals surface area contributed by atoms with Gasteiger partial charge in [-0.1, -0.05) is 30.3 Å². The molecule has 0 fully saturated rings. The third kappa shape index (κ3) is 6.30. The lowest BCUT2D eigenvalue weighted by Gasteiger charge is -2.09. The second-order valence-electron chi connectivity index (χ2n) is 3.94. The lowest BCUT2D eigenvalue weighted by atomic mass is 10.2. The van der Waals surface area contributed by atoms with Gasteiger partial charge < -0.3 is 10.8 Å². The van der Waals surface area contributed by atoms with Gasteiger partial charge >= 0.3 is 5.97 Å². The largest absolute Gasteiger partial charge is 0.480 e. The molecule has 19 heavy (non-hydrogen) atoms. The number of nitrogens with two attached hydrogens (primary N) is 1. The van der Waals surface area contributed by atoms with Crippen LogP contribution in [0.15, 0.2) is 30.3 Å². The van der Waals surface area contributed by atoms with Gasteiger partial charge in [0.1, 0.15) is 6.04 Å². The van der Waals surface area contributed by atoms with Crippen LogP contribution >= 0.6 is 0 Å². The summed E-state index contributed by atoms with van der Waals surface area (Å²) >= 11 is 0. The van der Waals surface area contributed by atoms with Gasteiger partial charge in [0, 0.05) is 13.1 Å². The molecule has 5 N–H and O–H groups in total. The summed E-state index contributed by atoms with van der Waals surface area (Å²) in [6.45, 7) is 0.138. The van der Waals surface area contributed by atoms with Crippen molar-refractivity contribution in [3.05, 3.63) is 35.9 Å². The van der Waals surface area contributed by atoms with Crippen molar-refractivity contribution in [2.75, 3.05) is 6.54 Å². The van der Waals surface area contributed by atoms with Crippen molar-refractivity contribution < 1.29 is 18.3 Å². The maximum atomic E-state index is 11.5. The number of carbonyl (C=O) groups is 1. The highest BCUT2D eigenvalue weighted by Crippen LogP contribution is 1.98. The van der Waals surface area contributed by atoms with Crippen LogP contribution in [0.1, 0.15) is 12.0 Å². The molecule has 0 aliphatic rings. The van der Waals surface area contributed by atoms with Gasteiger partial charge in [0.25, 0.3) is 10.2 Å². The van der Waals surface area contributed by atoms with E-state index in [4.69, 9.17) is 10.8 Å². The number of carboxylic acid groups (broad SMARTS) is 1. The Balaban J connectivity index is 2.34. The zero-order valence-electron chi connectivity index (χ0n) is 10.2. The van der Waals surface area contributed by atoms with Gasteiger partial charge in [0.15, 0.2) is 0 Å². The number of benzene rings is 1. The highest BCUT2D eigenvalue weighted by molar-refractivity contribution is 7.87. The normalized spacial score (nSPS) is 13.1. The number of rotatable bonds is 8. The Bertz CT molecular complexity index is 504. The van der Waals surface area contributed by atoms with Crippen LogP contribution in [0.4, 0.5) is 0 Å². The van der Waals surface area contributed by atoms with Crippen molar-refractivity contribution in [1.29, 1.82) is 0 Å². The first-order valence-corrected chi connectivity index (χ1v) is 7.15. The first kappa shape index (κ1) is 15.6. The van der Waals surface area contributed by atoms with Crippen LogP contribution < -0.4 is 15.2 Å². The number of aliphatic carboxylic acids is 1. The van der Waals surface area contributed by atoms with E-state index < -0.39 is 22.2 Å². The molecule has 0 aliphatic heterocycles. The van der Waals surface area contributed by atoms with Crippen molar-refractivity contribution in [3.8, 4) is 0 Å². The smallest absolute Gasteiger partial charge is 0.320 e. The highest BCUT2D eigenvalue weighted by atomic mass is 32.2. The van der Waals surface area contributed by atoms with E-state index in [9.17, 15) is 13.2 Å². The number of hydrogen-bond acceptors (Lipinski definition) is 4. The molecule has 0 aliphatic carbocycles. The molecule has 0 heterocycles. The number of carboxylic acids is 1. The van der Waals surface area contributed by atoms with Crippen LogP contribution in [-0.2, 0) is 21.5 Å². The van der Waals surface area contributed by atoms with Crippen molar-refractivity contribution in [3.63, 3.8) is 0 Å². The molecule has 0 saturated heterocycles. The zero-order valence-corrected chi connectivity index (χ0v) is 11.1. The first-order chi connectivity index (χ1) is 8.91. The van der Waals surface area contributed by atoms with Crippen molar-refractivity contribution in [2.45, 2.75) is 19.0 Å². The SMILES string of the molecule is N[C@@H](CCNS(=O)(=O)NCc1ccccc1)C(=O)O. The average Bonchev–Trinajstić information content (AvgIpc) is 2.37. The molecule has 0 bridgehead atoms. The van der Waals surface area contributed by atoms with Crippen LogP contribution in [0.5, 0.6) is 0 Å². The lowest BCUT2D eigenvalue weighted by Crippen LogP contribution is -2.40. The first-order valence-electron chi connectivity index (χ1n) is 5.67. The molecule has 1 rings (SSSR count). The summed E-state index contributed by atoms with van der Waals surface area (Å²) in [5.41, 5.74) is 6.08. The van der Waals surface area contributed by atoms with E-state index in [1.165, 1.54) is 0 Å². The molecule has 8 heteroatoms. The van der Waals surface area contributed by atoms with Crippen LogP contribution in [-0.4, -0.2) is 32.1 Å². The van der Waals surface area contributed by atoms with E-state index in [2.05, 4.69) is 9.44 Å². The molecule has 1 aromatic carbocycles. The Morgan fingerprint density at radius 3 is 2.47 bits per heavy atom. The minimum Gasteiger partial charge on any atom is -0.480 e. The molecule has 0 aromatic heterocycles. The fourth-order valence-corrected chi connectivity index (χ4v) is 2.14. The van der Waals surface area contributed by atoms with Crippen LogP contribution in [0.3, 0.4) is 0 Å². The monoisotopic (exact) mass is 287 g/mol. The van der Waals surface area contributed by atoms with Crippen LogP contribution in [0.25, 0.3) is 0 Å². The van der Waals surface area contributed by atoms with Crippen molar-refractivity contribution in [1.82, 2.24) is 9.44 Å². The standard InChI is InChI=1S/C11H17N3O4S/c12-10(11(15)16)6-7-13-19(17,18)14-8-9-4-2-1-3-5-9/h1-5,10,13-14H,6-8,12H2,(H,15,16)/t10-/m0/s1. The molecular weight excluding hydrogens is 270 g/mol. The third-order valence-corrected chi connectivity index (χ3v) is 3.48. The number of hydrogen-bond donors (Lipinski definition) is 4. The summed E-state index contributed by atoms with van der Waals surface area (Å²) in [6.07, 6.45) is 0.0293. The molecule has 0 radical (unpaired) electrons. The molecule has 1 atom stereocenters. The van der Waals surface area contributed by atoms with E-state index in [0.717, 1.165) is 5.56 Å². The van der Waals surface area contributed by atoms with E-state index >= 15 is 0 Å². The van der Waals surface area contributed by atoms with Gasteiger partial charge in [-0.15, -0.1) is 0 Å². The molecular formula is C11H17N3O4S. The Labute approximate surface area is 112 Å². The predicted molar refractivity (Wildman–Crippen MR) is 70.4 cm³/mol. The zero-order chi connectivity index (χ0) is 14.3. The minimum absolute atomic E-state index is 0.0293. The summed E-state index contributed by atoms with van der Waals surface area (Å²) in [5.74, 6) is -1.16. The van der Waals surface area contributed by atoms with Crippen LogP contribution in [0, 0.1) is 0 Å². The number of nitrogens with one attached hydrogen (secondary N) is 2. The third-order valence-electron chi connectivity index (χ3n) is 2.37. The summed E-state index contributed by atoms with van der Waals surface area (Å²) in [7, 11) is -3.65. The highest BCUT2D eigenvalue weighted by Gasteiger charge is 2.13. The van der Waals surface area contributed by atoms with Gasteiger partial charge in [0.2, 0.25) is 0 Å². The van der Waals surface area contributed by atoms with Crippen LogP contribution in [0.2, 0.25) is 0 Å². The lowest BCUT2D eigenvalue weighted by molar-refractivity contribution is -0.138. The Kier molecular flexibility index (Phi) is 5.90. The summed E-state index contributed by atoms with van der Waals surface area (Å²) in [4.78, 5) is 10.4. The second kappa shape index (κ2) is 7.19. The van der Waals surface area contributed by atoms with Gasteiger partial charge in [-0.3, -0.25) is 4.79 Å².